The van der Waals surface area contributed by atoms with Crippen LogP contribution in [0.2, 0.25) is 0 Å². The second-order valence-corrected chi connectivity index (χ2v) is 7.80. The van der Waals surface area contributed by atoms with Gasteiger partial charge in [0.2, 0.25) is 0 Å². The Morgan fingerprint density at radius 3 is 2.11 bits per heavy atom. The van der Waals surface area contributed by atoms with Crippen molar-refractivity contribution in [2.45, 2.75) is 12.8 Å². The molecule has 0 radical (unpaired) electrons. The van der Waals surface area contributed by atoms with Gasteiger partial charge in [-0.05, 0) is 57.6 Å². The van der Waals surface area contributed by atoms with Gasteiger partial charge in [-0.25, -0.2) is 0 Å². The molecule has 0 heterocycles. The van der Waals surface area contributed by atoms with Crippen LogP contribution in [0.4, 0.5) is 11.4 Å². The summed E-state index contributed by atoms with van der Waals surface area (Å²) in [4.78, 5) is 2.37. The Morgan fingerprint density at radius 2 is 1.25 bits per heavy atom. The lowest BCUT2D eigenvalue weighted by Crippen LogP contribution is -2.10. The highest BCUT2D eigenvalue weighted by Crippen LogP contribution is 2.41. The van der Waals surface area contributed by atoms with Gasteiger partial charge >= 0.3 is 0 Å². The SMILES string of the molecule is CN(c1ccc2c3c(cccc13)CC2)c1cc2ccccc2c2ccccc12. The summed E-state index contributed by atoms with van der Waals surface area (Å²) in [6.07, 6.45) is 2.33. The van der Waals surface area contributed by atoms with Crippen molar-refractivity contribution in [3.05, 3.63) is 96.1 Å². The van der Waals surface area contributed by atoms with Gasteiger partial charge in [0.1, 0.15) is 0 Å². The zero-order valence-corrected chi connectivity index (χ0v) is 15.9. The fourth-order valence-electron chi connectivity index (χ4n) is 4.97. The van der Waals surface area contributed by atoms with Crippen molar-refractivity contribution in [1.82, 2.24) is 0 Å². The molecular formula is C27H21N. The van der Waals surface area contributed by atoms with Crippen LogP contribution in [0.1, 0.15) is 11.1 Å². The van der Waals surface area contributed by atoms with Crippen LogP contribution in [0.15, 0.2) is 84.9 Å². The van der Waals surface area contributed by atoms with Crippen LogP contribution >= 0.6 is 0 Å². The number of fused-ring (bicyclic) bond motifs is 3. The molecule has 5 aromatic rings. The van der Waals surface area contributed by atoms with E-state index in [4.69, 9.17) is 0 Å². The molecule has 0 spiro atoms. The molecule has 0 N–H and O–H groups in total. The van der Waals surface area contributed by atoms with E-state index < -0.39 is 0 Å². The molecule has 0 unspecified atom stereocenters. The first kappa shape index (κ1) is 15.7. The molecule has 5 aromatic carbocycles. The van der Waals surface area contributed by atoms with Gasteiger partial charge in [-0.2, -0.15) is 0 Å². The van der Waals surface area contributed by atoms with Crippen LogP contribution in [0.25, 0.3) is 32.3 Å². The lowest BCUT2D eigenvalue weighted by molar-refractivity contribution is 1.02. The molecule has 1 nitrogen and oxygen atoms in total. The fourth-order valence-corrected chi connectivity index (χ4v) is 4.97. The molecule has 6 rings (SSSR count). The molecule has 1 aliphatic carbocycles. The van der Waals surface area contributed by atoms with Gasteiger partial charge < -0.3 is 4.90 Å². The Hall–Kier alpha value is -3.32. The maximum atomic E-state index is 2.37. The first-order valence-electron chi connectivity index (χ1n) is 9.99. The number of rotatable bonds is 2. The molecule has 0 aromatic heterocycles. The Labute approximate surface area is 164 Å². The number of hydrogen-bond donors (Lipinski definition) is 0. The molecule has 28 heavy (non-hydrogen) atoms. The average Bonchev–Trinajstić information content (AvgIpc) is 3.18. The van der Waals surface area contributed by atoms with E-state index in [1.54, 1.807) is 0 Å². The van der Waals surface area contributed by atoms with E-state index in [1.165, 1.54) is 67.7 Å². The highest BCUT2D eigenvalue weighted by atomic mass is 15.1. The van der Waals surface area contributed by atoms with Crippen molar-refractivity contribution in [1.29, 1.82) is 0 Å². The van der Waals surface area contributed by atoms with E-state index >= 15 is 0 Å². The minimum Gasteiger partial charge on any atom is -0.344 e. The zero-order chi connectivity index (χ0) is 18.7. The van der Waals surface area contributed by atoms with Crippen molar-refractivity contribution in [3.63, 3.8) is 0 Å². The summed E-state index contributed by atoms with van der Waals surface area (Å²) in [6.45, 7) is 0. The molecule has 0 bridgehead atoms. The average molecular weight is 359 g/mol. The minimum atomic E-state index is 1.17. The van der Waals surface area contributed by atoms with E-state index in [0.717, 1.165) is 0 Å². The summed E-state index contributed by atoms with van der Waals surface area (Å²) in [5.41, 5.74) is 5.52. The molecule has 0 amide bonds. The summed E-state index contributed by atoms with van der Waals surface area (Å²) < 4.78 is 0. The predicted molar refractivity (Wildman–Crippen MR) is 121 cm³/mol. The number of nitrogens with zero attached hydrogens (tertiary/aromatic N) is 1. The molecule has 0 aliphatic heterocycles. The van der Waals surface area contributed by atoms with E-state index in [9.17, 15) is 0 Å². The van der Waals surface area contributed by atoms with Crippen molar-refractivity contribution in [3.8, 4) is 0 Å². The highest BCUT2D eigenvalue weighted by Gasteiger charge is 2.19. The van der Waals surface area contributed by atoms with E-state index in [1.807, 2.05) is 0 Å². The van der Waals surface area contributed by atoms with Crippen LogP contribution in [0.3, 0.4) is 0 Å². The Balaban J connectivity index is 1.65. The summed E-state index contributed by atoms with van der Waals surface area (Å²) in [6, 6.07) is 31.2. The smallest absolute Gasteiger partial charge is 0.0494 e. The van der Waals surface area contributed by atoms with Crippen molar-refractivity contribution < 1.29 is 0 Å². The number of hydrogen-bond acceptors (Lipinski definition) is 1. The van der Waals surface area contributed by atoms with E-state index in [-0.39, 0.29) is 0 Å². The maximum absolute atomic E-state index is 2.37. The third-order valence-corrected chi connectivity index (χ3v) is 6.32. The van der Waals surface area contributed by atoms with E-state index in [0.29, 0.717) is 0 Å². The zero-order valence-electron chi connectivity index (χ0n) is 15.9. The van der Waals surface area contributed by atoms with E-state index in [2.05, 4.69) is 96.9 Å². The first-order valence-corrected chi connectivity index (χ1v) is 9.99. The summed E-state index contributed by atoms with van der Waals surface area (Å²) in [7, 11) is 2.20. The summed E-state index contributed by atoms with van der Waals surface area (Å²) in [5, 5.41) is 8.05. The molecule has 0 fully saturated rings. The molecule has 1 aliphatic rings. The first-order chi connectivity index (χ1) is 13.8. The Bertz CT molecular complexity index is 1370. The topological polar surface area (TPSA) is 3.24 Å². The molecular weight excluding hydrogens is 338 g/mol. The molecule has 0 saturated carbocycles. The largest absolute Gasteiger partial charge is 0.344 e. The Kier molecular flexibility index (Phi) is 3.28. The molecule has 0 saturated heterocycles. The van der Waals surface area contributed by atoms with Gasteiger partial charge in [0.15, 0.2) is 0 Å². The predicted octanol–water partition coefficient (Wildman–Crippen LogP) is 7.01. The lowest BCUT2D eigenvalue weighted by Gasteiger charge is -2.24. The standard InChI is InChI=1S/C27H21N/c1-28(25-16-15-19-14-13-18-8-6-12-24(25)27(18)19)26-17-20-7-2-3-9-21(20)22-10-4-5-11-23(22)26/h2-12,15-17H,13-14H2,1H3. The van der Waals surface area contributed by atoms with Gasteiger partial charge in [0.25, 0.3) is 0 Å². The highest BCUT2D eigenvalue weighted by molar-refractivity contribution is 6.14. The molecule has 1 heteroatoms. The minimum absolute atomic E-state index is 1.17. The van der Waals surface area contributed by atoms with Crippen molar-refractivity contribution >= 4 is 43.7 Å². The van der Waals surface area contributed by atoms with Gasteiger partial charge in [0.05, 0.1) is 0 Å². The van der Waals surface area contributed by atoms with Crippen LogP contribution < -0.4 is 4.90 Å². The second kappa shape index (κ2) is 5.84. The second-order valence-electron chi connectivity index (χ2n) is 7.80. The molecule has 134 valence electrons. The number of aryl methyl sites for hydroxylation is 2. The third kappa shape index (κ3) is 2.13. The van der Waals surface area contributed by atoms with Crippen LogP contribution in [0, 0.1) is 0 Å². The Morgan fingerprint density at radius 1 is 0.571 bits per heavy atom. The fraction of sp³-hybridized carbons (Fsp3) is 0.111. The van der Waals surface area contributed by atoms with Gasteiger partial charge in [-0.15, -0.1) is 0 Å². The lowest BCUT2D eigenvalue weighted by atomic mass is 9.98. The van der Waals surface area contributed by atoms with Crippen LogP contribution in [0.5, 0.6) is 0 Å². The van der Waals surface area contributed by atoms with Crippen molar-refractivity contribution in [2.75, 3.05) is 11.9 Å². The normalized spacial score (nSPS) is 12.9. The monoisotopic (exact) mass is 359 g/mol. The third-order valence-electron chi connectivity index (χ3n) is 6.32. The van der Waals surface area contributed by atoms with Gasteiger partial charge in [-0.1, -0.05) is 72.8 Å². The molecule has 0 atom stereocenters. The maximum Gasteiger partial charge on any atom is 0.0494 e. The summed E-state index contributed by atoms with van der Waals surface area (Å²) >= 11 is 0. The summed E-state index contributed by atoms with van der Waals surface area (Å²) in [5.74, 6) is 0. The van der Waals surface area contributed by atoms with Gasteiger partial charge in [-0.3, -0.25) is 0 Å². The van der Waals surface area contributed by atoms with Crippen molar-refractivity contribution in [2.24, 2.45) is 0 Å². The van der Waals surface area contributed by atoms with Gasteiger partial charge in [0, 0.05) is 29.2 Å². The quantitative estimate of drug-likeness (QED) is 0.306. The number of benzene rings is 5. The number of anilines is 2. The van der Waals surface area contributed by atoms with Crippen LogP contribution in [-0.4, -0.2) is 7.05 Å². The van der Waals surface area contributed by atoms with Crippen LogP contribution in [-0.2, 0) is 12.8 Å².